The lowest BCUT2D eigenvalue weighted by atomic mass is 9.87. The highest BCUT2D eigenvalue weighted by atomic mass is 35.5. The minimum absolute atomic E-state index is 0.0118. The van der Waals surface area contributed by atoms with Crippen molar-refractivity contribution in [3.63, 3.8) is 0 Å². The van der Waals surface area contributed by atoms with Crippen LogP contribution in [-0.2, 0) is 29.6 Å². The highest BCUT2D eigenvalue weighted by molar-refractivity contribution is 6.30. The molecule has 8 heteroatoms. The fourth-order valence-corrected chi connectivity index (χ4v) is 6.09. The van der Waals surface area contributed by atoms with E-state index in [1.54, 1.807) is 6.20 Å². The van der Waals surface area contributed by atoms with E-state index in [1.807, 2.05) is 60.7 Å². The van der Waals surface area contributed by atoms with Crippen LogP contribution in [-0.4, -0.2) is 44.9 Å². The van der Waals surface area contributed by atoms with E-state index >= 15 is 0 Å². The molecular formula is C37H41ClN4O3. The van der Waals surface area contributed by atoms with Gasteiger partial charge >= 0.3 is 5.97 Å². The molecule has 1 aliphatic heterocycles. The quantitative estimate of drug-likeness (QED) is 0.196. The number of hydrogen-bond donors (Lipinski definition) is 1. The third kappa shape index (κ3) is 7.90. The van der Waals surface area contributed by atoms with Gasteiger partial charge < -0.3 is 14.9 Å². The zero-order valence-corrected chi connectivity index (χ0v) is 27.2. The normalized spacial score (nSPS) is 14.9. The Balaban J connectivity index is 1.48. The Labute approximate surface area is 270 Å². The van der Waals surface area contributed by atoms with Crippen LogP contribution in [0.25, 0.3) is 0 Å². The summed E-state index contributed by atoms with van der Waals surface area (Å²) in [7, 11) is 0. The van der Waals surface area contributed by atoms with Gasteiger partial charge in [-0.25, -0.2) is 9.97 Å². The number of aromatic nitrogens is 2. The predicted octanol–water partition coefficient (Wildman–Crippen LogP) is 7.59. The van der Waals surface area contributed by atoms with Gasteiger partial charge in [0.25, 0.3) is 5.91 Å². The molecule has 2 heterocycles. The number of halogens is 1. The van der Waals surface area contributed by atoms with Crippen LogP contribution in [0.5, 0.6) is 0 Å². The Morgan fingerprint density at radius 1 is 1.00 bits per heavy atom. The van der Waals surface area contributed by atoms with Crippen LogP contribution in [0, 0.1) is 6.92 Å². The van der Waals surface area contributed by atoms with Crippen molar-refractivity contribution in [3.8, 4) is 0 Å². The minimum atomic E-state index is -1.07. The highest BCUT2D eigenvalue weighted by Crippen LogP contribution is 2.35. The molecule has 0 bridgehead atoms. The Bertz CT molecular complexity index is 1650. The summed E-state index contributed by atoms with van der Waals surface area (Å²) in [4.78, 5) is 39.3. The van der Waals surface area contributed by atoms with Gasteiger partial charge in [0.05, 0.1) is 17.3 Å². The van der Waals surface area contributed by atoms with E-state index < -0.39 is 12.5 Å². The molecule has 0 spiro atoms. The molecule has 1 saturated heterocycles. The third-order valence-corrected chi connectivity index (χ3v) is 8.80. The van der Waals surface area contributed by atoms with E-state index in [2.05, 4.69) is 44.7 Å². The smallest absolute Gasteiger partial charge is 0.323 e. The van der Waals surface area contributed by atoms with Gasteiger partial charge in [-0.3, -0.25) is 9.59 Å². The van der Waals surface area contributed by atoms with Crippen LogP contribution in [0.1, 0.15) is 83.5 Å². The van der Waals surface area contributed by atoms with Crippen molar-refractivity contribution >= 4 is 29.4 Å². The summed E-state index contributed by atoms with van der Waals surface area (Å²) in [6.07, 6.45) is 4.76. The number of aryl methyl sites for hydroxylation is 3. The summed E-state index contributed by atoms with van der Waals surface area (Å²) in [5.74, 6) is -0.887. The molecule has 1 aliphatic rings. The second kappa shape index (κ2) is 13.8. The Morgan fingerprint density at radius 3 is 2.38 bits per heavy atom. The lowest BCUT2D eigenvalue weighted by molar-refractivity contribution is -0.137. The summed E-state index contributed by atoms with van der Waals surface area (Å²) in [5.41, 5.74) is 6.47. The molecule has 0 saturated carbocycles. The van der Waals surface area contributed by atoms with Crippen LogP contribution < -0.4 is 4.90 Å². The van der Waals surface area contributed by atoms with E-state index in [0.29, 0.717) is 35.1 Å². The number of rotatable bonds is 10. The summed E-state index contributed by atoms with van der Waals surface area (Å²) < 4.78 is 0. The zero-order chi connectivity index (χ0) is 32.1. The Kier molecular flexibility index (Phi) is 9.88. The largest absolute Gasteiger partial charge is 0.480 e. The SMILES string of the molecule is Cc1ccccc1CCc1nc(N2CCC[C@@H]2c2ccc(Cl)cc2)ncc1C(=O)N(CC(=O)O)Cc1ccc(C(C)(C)C)cc1. The topological polar surface area (TPSA) is 86.6 Å². The second-order valence-corrected chi connectivity index (χ2v) is 13.3. The number of benzene rings is 3. The zero-order valence-electron chi connectivity index (χ0n) is 26.5. The van der Waals surface area contributed by atoms with Crippen molar-refractivity contribution in [2.45, 2.75) is 71.4 Å². The molecule has 1 atom stereocenters. The van der Waals surface area contributed by atoms with Crippen LogP contribution >= 0.6 is 11.6 Å². The molecule has 4 aromatic rings. The third-order valence-electron chi connectivity index (χ3n) is 8.55. The highest BCUT2D eigenvalue weighted by Gasteiger charge is 2.30. The average molecular weight is 625 g/mol. The lowest BCUT2D eigenvalue weighted by Gasteiger charge is -2.27. The maximum Gasteiger partial charge on any atom is 0.323 e. The average Bonchev–Trinajstić information content (AvgIpc) is 3.50. The summed E-state index contributed by atoms with van der Waals surface area (Å²) in [6.45, 7) is 9.04. The number of carboxylic acids is 1. The van der Waals surface area contributed by atoms with E-state index in [9.17, 15) is 14.7 Å². The van der Waals surface area contributed by atoms with Crippen LogP contribution in [0.15, 0.2) is 79.0 Å². The van der Waals surface area contributed by atoms with Gasteiger partial charge in [-0.1, -0.05) is 93.0 Å². The maximum absolute atomic E-state index is 14.1. The number of anilines is 1. The molecule has 1 N–H and O–H groups in total. The van der Waals surface area contributed by atoms with Crippen molar-refractivity contribution in [3.05, 3.63) is 123 Å². The fraction of sp³-hybridized carbons (Fsp3) is 0.351. The maximum atomic E-state index is 14.1. The summed E-state index contributed by atoms with van der Waals surface area (Å²) >= 11 is 6.16. The molecule has 234 valence electrons. The molecule has 45 heavy (non-hydrogen) atoms. The van der Waals surface area contributed by atoms with Gasteiger partial charge in [0.1, 0.15) is 6.54 Å². The van der Waals surface area contributed by atoms with Crippen LogP contribution in [0.3, 0.4) is 0 Å². The lowest BCUT2D eigenvalue weighted by Crippen LogP contribution is -2.36. The number of nitrogens with zero attached hydrogens (tertiary/aromatic N) is 4. The number of carbonyl (C=O) groups excluding carboxylic acids is 1. The first-order chi connectivity index (χ1) is 21.5. The van der Waals surface area contributed by atoms with Gasteiger partial charge in [0.15, 0.2) is 0 Å². The second-order valence-electron chi connectivity index (χ2n) is 12.9. The number of hydrogen-bond acceptors (Lipinski definition) is 5. The molecule has 5 rings (SSSR count). The number of carbonyl (C=O) groups is 2. The molecule has 0 radical (unpaired) electrons. The molecule has 1 amide bonds. The first-order valence-electron chi connectivity index (χ1n) is 15.5. The Hall–Kier alpha value is -4.23. The fourth-order valence-electron chi connectivity index (χ4n) is 5.96. The van der Waals surface area contributed by atoms with Crippen molar-refractivity contribution in [1.29, 1.82) is 0 Å². The van der Waals surface area contributed by atoms with Gasteiger partial charge in [-0.05, 0) is 78.0 Å². The molecule has 0 unspecified atom stereocenters. The van der Waals surface area contributed by atoms with E-state index in [0.717, 1.165) is 30.5 Å². The van der Waals surface area contributed by atoms with Gasteiger partial charge in [-0.15, -0.1) is 0 Å². The molecule has 7 nitrogen and oxygen atoms in total. The van der Waals surface area contributed by atoms with Crippen molar-refractivity contribution in [2.75, 3.05) is 18.0 Å². The molecule has 3 aromatic carbocycles. The molecule has 1 fully saturated rings. The molecule has 1 aromatic heterocycles. The molecule has 0 aliphatic carbocycles. The van der Waals surface area contributed by atoms with E-state index in [4.69, 9.17) is 21.6 Å². The summed E-state index contributed by atoms with van der Waals surface area (Å²) in [6, 6.07) is 24.2. The number of carboxylic acid groups (broad SMARTS) is 1. The van der Waals surface area contributed by atoms with Gasteiger partial charge in [-0.2, -0.15) is 0 Å². The van der Waals surface area contributed by atoms with E-state index in [1.165, 1.54) is 21.6 Å². The van der Waals surface area contributed by atoms with Crippen molar-refractivity contribution < 1.29 is 14.7 Å². The summed E-state index contributed by atoms with van der Waals surface area (Å²) in [5, 5.41) is 10.5. The number of amides is 1. The standard InChI is InChI=1S/C37H41ClN4O3/c1-25-8-5-6-9-27(25)15-20-32-31(22-39-36(40-32)42-21-7-10-33(42)28-13-18-30(38)19-14-28)35(45)41(24-34(43)44)23-26-11-16-29(17-12-26)37(2,3)4/h5-6,8-9,11-14,16-19,22,33H,7,10,15,20-21,23-24H2,1-4H3,(H,43,44)/t33-/m1/s1. The van der Waals surface area contributed by atoms with Crippen LogP contribution in [0.4, 0.5) is 5.95 Å². The number of aliphatic carboxylic acids is 1. The van der Waals surface area contributed by atoms with E-state index in [-0.39, 0.29) is 23.9 Å². The van der Waals surface area contributed by atoms with Crippen molar-refractivity contribution in [2.24, 2.45) is 0 Å². The van der Waals surface area contributed by atoms with Crippen LogP contribution in [0.2, 0.25) is 5.02 Å². The minimum Gasteiger partial charge on any atom is -0.480 e. The van der Waals surface area contributed by atoms with Crippen molar-refractivity contribution in [1.82, 2.24) is 14.9 Å². The first-order valence-corrected chi connectivity index (χ1v) is 15.9. The van der Waals surface area contributed by atoms with Gasteiger partial charge in [0, 0.05) is 24.3 Å². The monoisotopic (exact) mass is 624 g/mol. The molecular weight excluding hydrogens is 584 g/mol. The predicted molar refractivity (Wildman–Crippen MR) is 179 cm³/mol. The van der Waals surface area contributed by atoms with Gasteiger partial charge in [0.2, 0.25) is 5.95 Å². The Morgan fingerprint density at radius 2 is 1.71 bits per heavy atom. The first kappa shape index (κ1) is 32.2.